The summed E-state index contributed by atoms with van der Waals surface area (Å²) < 4.78 is 11.3. The van der Waals surface area contributed by atoms with Gasteiger partial charge in [0.2, 0.25) is 0 Å². The van der Waals surface area contributed by atoms with Crippen molar-refractivity contribution in [2.75, 3.05) is 13.7 Å². The number of carbonyl (C=O) groups excluding carboxylic acids is 1. The van der Waals surface area contributed by atoms with Gasteiger partial charge in [-0.25, -0.2) is 0 Å². The van der Waals surface area contributed by atoms with Crippen molar-refractivity contribution in [2.24, 2.45) is 5.18 Å². The van der Waals surface area contributed by atoms with Crippen LogP contribution >= 0.6 is 0 Å². The highest BCUT2D eigenvalue weighted by Gasteiger charge is 2.24. The Balaban J connectivity index is 3.73. The van der Waals surface area contributed by atoms with Crippen LogP contribution in [-0.4, -0.2) is 37.0 Å². The molecule has 0 rings (SSSR count). The van der Waals surface area contributed by atoms with Gasteiger partial charge in [0.25, 0.3) is 0 Å². The summed E-state index contributed by atoms with van der Waals surface area (Å²) in [5.74, 6) is -0.129. The molecule has 0 saturated carbocycles. The van der Waals surface area contributed by atoms with E-state index in [1.807, 2.05) is 41.7 Å². The van der Waals surface area contributed by atoms with Crippen LogP contribution in [0.25, 0.3) is 0 Å². The van der Waals surface area contributed by atoms with Gasteiger partial charge < -0.3 is 9.47 Å². The third-order valence-electron chi connectivity index (χ3n) is 4.95. The molecule has 160 valence electrons. The summed E-state index contributed by atoms with van der Waals surface area (Å²) in [4.78, 5) is 22.6. The monoisotopic (exact) mass is 386 g/mol. The first-order chi connectivity index (χ1) is 12.7. The summed E-state index contributed by atoms with van der Waals surface area (Å²) in [5, 5.41) is 6.21. The lowest BCUT2D eigenvalue weighted by atomic mass is 10.0. The molecule has 0 aliphatic carbocycles. The third kappa shape index (κ3) is 14.7. The second kappa shape index (κ2) is 14.1. The Morgan fingerprint density at radius 2 is 1.63 bits per heavy atom. The quantitative estimate of drug-likeness (QED) is 0.158. The zero-order chi connectivity index (χ0) is 20.8. The molecular weight excluding hydrogens is 344 g/mol. The van der Waals surface area contributed by atoms with Crippen LogP contribution in [0.15, 0.2) is 5.18 Å². The average molecular weight is 387 g/mol. The summed E-state index contributed by atoms with van der Waals surface area (Å²) in [6.07, 6.45) is 9.24. The normalized spacial score (nSPS) is 13.4. The van der Waals surface area contributed by atoms with Gasteiger partial charge in [0, 0.05) is 12.8 Å². The van der Waals surface area contributed by atoms with Crippen molar-refractivity contribution in [3.8, 4) is 0 Å². The van der Waals surface area contributed by atoms with Crippen LogP contribution in [0.4, 0.5) is 0 Å². The molecule has 0 bridgehead atoms. The lowest BCUT2D eigenvalue weighted by Crippen LogP contribution is -2.40. The first kappa shape index (κ1) is 26.0. The summed E-state index contributed by atoms with van der Waals surface area (Å²) >= 11 is 0. The lowest BCUT2D eigenvalue weighted by molar-refractivity contribution is -0.159. The van der Waals surface area contributed by atoms with Gasteiger partial charge in [0.05, 0.1) is 12.6 Å². The van der Waals surface area contributed by atoms with Crippen LogP contribution in [-0.2, 0) is 14.3 Å². The highest BCUT2D eigenvalue weighted by atomic mass is 16.6. The SMILES string of the molecule is CCC(CCCCCCCCC(=O)OC(C)(C)CCOC(C)(C)NC)N=O. The zero-order valence-corrected chi connectivity index (χ0v) is 18.4. The van der Waals surface area contributed by atoms with Crippen molar-refractivity contribution >= 4 is 5.97 Å². The van der Waals surface area contributed by atoms with Gasteiger partial charge in [-0.3, -0.25) is 10.1 Å². The maximum absolute atomic E-state index is 12.0. The van der Waals surface area contributed by atoms with Crippen molar-refractivity contribution in [3.05, 3.63) is 4.91 Å². The van der Waals surface area contributed by atoms with Gasteiger partial charge in [-0.1, -0.05) is 44.2 Å². The van der Waals surface area contributed by atoms with Crippen molar-refractivity contribution < 1.29 is 14.3 Å². The number of rotatable bonds is 17. The Morgan fingerprint density at radius 3 is 2.19 bits per heavy atom. The van der Waals surface area contributed by atoms with E-state index in [0.29, 0.717) is 19.4 Å². The molecule has 0 heterocycles. The minimum absolute atomic E-state index is 0.0159. The number of nitrogens with zero attached hydrogens (tertiary/aromatic N) is 1. The number of carbonyl (C=O) groups is 1. The second-order valence-corrected chi connectivity index (χ2v) is 8.42. The third-order valence-corrected chi connectivity index (χ3v) is 4.95. The highest BCUT2D eigenvalue weighted by molar-refractivity contribution is 5.69. The van der Waals surface area contributed by atoms with Crippen LogP contribution in [0.1, 0.15) is 98.8 Å². The molecule has 0 saturated heterocycles. The predicted molar refractivity (Wildman–Crippen MR) is 111 cm³/mol. The fourth-order valence-electron chi connectivity index (χ4n) is 2.72. The molecule has 27 heavy (non-hydrogen) atoms. The van der Waals surface area contributed by atoms with E-state index < -0.39 is 5.60 Å². The molecular formula is C21H42N2O4. The largest absolute Gasteiger partial charge is 0.460 e. The molecule has 0 aromatic carbocycles. The molecule has 0 radical (unpaired) electrons. The van der Waals surface area contributed by atoms with E-state index in [1.54, 1.807) is 0 Å². The van der Waals surface area contributed by atoms with Gasteiger partial charge in [0.1, 0.15) is 11.3 Å². The maximum atomic E-state index is 12.0. The molecule has 1 atom stereocenters. The van der Waals surface area contributed by atoms with Gasteiger partial charge in [-0.15, -0.1) is 0 Å². The Morgan fingerprint density at radius 1 is 1.04 bits per heavy atom. The number of hydrogen-bond donors (Lipinski definition) is 1. The molecule has 0 aliphatic heterocycles. The van der Waals surface area contributed by atoms with Gasteiger partial charge in [0.15, 0.2) is 0 Å². The fourth-order valence-corrected chi connectivity index (χ4v) is 2.72. The first-order valence-electron chi connectivity index (χ1n) is 10.5. The van der Waals surface area contributed by atoms with E-state index in [9.17, 15) is 9.70 Å². The van der Waals surface area contributed by atoms with Crippen molar-refractivity contribution in [2.45, 2.75) is 116 Å². The summed E-state index contributed by atoms with van der Waals surface area (Å²) in [6.45, 7) is 10.3. The maximum Gasteiger partial charge on any atom is 0.306 e. The molecule has 0 amide bonds. The van der Waals surface area contributed by atoms with E-state index in [0.717, 1.165) is 51.4 Å². The van der Waals surface area contributed by atoms with Crippen molar-refractivity contribution in [1.82, 2.24) is 5.32 Å². The molecule has 0 spiro atoms. The van der Waals surface area contributed by atoms with E-state index in [4.69, 9.17) is 9.47 Å². The van der Waals surface area contributed by atoms with Crippen molar-refractivity contribution in [3.63, 3.8) is 0 Å². The Bertz CT molecular complexity index is 411. The Kier molecular flexibility index (Phi) is 13.5. The molecule has 0 aliphatic rings. The molecule has 6 nitrogen and oxygen atoms in total. The highest BCUT2D eigenvalue weighted by Crippen LogP contribution is 2.18. The predicted octanol–water partition coefficient (Wildman–Crippen LogP) is 5.34. The van der Waals surface area contributed by atoms with Gasteiger partial charge in [-0.05, 0) is 54.0 Å². The molecule has 6 heteroatoms. The van der Waals surface area contributed by atoms with E-state index in [-0.39, 0.29) is 17.7 Å². The summed E-state index contributed by atoms with van der Waals surface area (Å²) in [6, 6.07) is -0.0159. The summed E-state index contributed by atoms with van der Waals surface area (Å²) in [5.41, 5.74) is -0.884. The molecule has 1 N–H and O–H groups in total. The Hall–Kier alpha value is -1.01. The van der Waals surface area contributed by atoms with E-state index in [2.05, 4.69) is 10.5 Å². The fraction of sp³-hybridized carbons (Fsp3) is 0.952. The minimum Gasteiger partial charge on any atom is -0.460 e. The first-order valence-corrected chi connectivity index (χ1v) is 10.5. The Labute approximate surface area is 166 Å². The number of nitroso groups, excluding NO2 is 1. The lowest BCUT2D eigenvalue weighted by Gasteiger charge is -2.29. The average Bonchev–Trinajstić information content (AvgIpc) is 2.59. The van der Waals surface area contributed by atoms with Crippen LogP contribution in [0, 0.1) is 4.91 Å². The molecule has 1 unspecified atom stereocenters. The number of esters is 1. The summed E-state index contributed by atoms with van der Waals surface area (Å²) in [7, 11) is 1.86. The van der Waals surface area contributed by atoms with Crippen LogP contribution in [0.5, 0.6) is 0 Å². The van der Waals surface area contributed by atoms with E-state index >= 15 is 0 Å². The topological polar surface area (TPSA) is 77.0 Å². The standard InChI is InChI=1S/C21H42N2O4/c1-7-18(23-25)14-12-10-8-9-11-13-15-19(24)27-20(2,3)16-17-26-21(4,5)22-6/h18,22H,7-17H2,1-6H3. The minimum atomic E-state index is -0.511. The molecule has 0 aromatic heterocycles. The zero-order valence-electron chi connectivity index (χ0n) is 18.4. The number of hydrogen-bond acceptors (Lipinski definition) is 6. The molecule has 0 fully saturated rings. The number of unbranched alkanes of at least 4 members (excludes halogenated alkanes) is 5. The van der Waals surface area contributed by atoms with Gasteiger partial charge in [-0.2, -0.15) is 4.91 Å². The van der Waals surface area contributed by atoms with Crippen LogP contribution in [0.2, 0.25) is 0 Å². The van der Waals surface area contributed by atoms with Crippen LogP contribution in [0.3, 0.4) is 0 Å². The second-order valence-electron chi connectivity index (χ2n) is 8.42. The van der Waals surface area contributed by atoms with E-state index in [1.165, 1.54) is 0 Å². The molecule has 0 aromatic rings. The smallest absolute Gasteiger partial charge is 0.306 e. The van der Waals surface area contributed by atoms with Crippen LogP contribution < -0.4 is 5.32 Å². The van der Waals surface area contributed by atoms with Crippen molar-refractivity contribution in [1.29, 1.82) is 0 Å². The number of ether oxygens (including phenoxy) is 2. The van der Waals surface area contributed by atoms with Gasteiger partial charge >= 0.3 is 5.97 Å². The number of nitrogens with one attached hydrogen (secondary N) is 1.